The van der Waals surface area contributed by atoms with Crippen LogP contribution >= 0.6 is 0 Å². The molecule has 168 valence electrons. The lowest BCUT2D eigenvalue weighted by molar-refractivity contribution is 0.442. The van der Waals surface area contributed by atoms with E-state index in [2.05, 4.69) is 60.5 Å². The van der Waals surface area contributed by atoms with Crippen LogP contribution in [0.3, 0.4) is 0 Å². The number of aryl methyl sites for hydroxylation is 1. The van der Waals surface area contributed by atoms with Crippen LogP contribution in [0.15, 0.2) is 79.4 Å². The highest BCUT2D eigenvalue weighted by Crippen LogP contribution is 2.38. The lowest BCUT2D eigenvalue weighted by Crippen LogP contribution is -2.24. The van der Waals surface area contributed by atoms with Crippen molar-refractivity contribution in [3.8, 4) is 11.4 Å². The van der Waals surface area contributed by atoms with E-state index in [9.17, 15) is 0 Å². The number of fused-ring (bicyclic) bond motifs is 2. The molecule has 33 heavy (non-hydrogen) atoms. The Hall–Kier alpha value is -3.73. The second kappa shape index (κ2) is 9.02. The second-order valence-electron chi connectivity index (χ2n) is 8.66. The molecule has 0 amide bonds. The van der Waals surface area contributed by atoms with Gasteiger partial charge in [-0.2, -0.15) is 0 Å². The number of nitrogens with one attached hydrogen (secondary N) is 1. The van der Waals surface area contributed by atoms with E-state index in [0.717, 1.165) is 65.8 Å². The third kappa shape index (κ3) is 3.84. The number of nitrogens with zero attached hydrogens (tertiary/aromatic N) is 3. The molecule has 0 saturated carbocycles. The summed E-state index contributed by atoms with van der Waals surface area (Å²) in [5, 5.41) is 8.10. The molecule has 2 aromatic carbocycles. The van der Waals surface area contributed by atoms with Gasteiger partial charge >= 0.3 is 0 Å². The van der Waals surface area contributed by atoms with Crippen LogP contribution in [0.5, 0.6) is 0 Å². The van der Waals surface area contributed by atoms with E-state index in [1.165, 1.54) is 5.56 Å². The Morgan fingerprint density at radius 2 is 1.64 bits per heavy atom. The smallest absolute Gasteiger partial charge is 0.155 e. The molecule has 3 aromatic rings. The van der Waals surface area contributed by atoms with Crippen molar-refractivity contribution in [3.05, 3.63) is 91.1 Å². The molecular formula is C28H31N5. The molecule has 0 spiro atoms. The van der Waals surface area contributed by atoms with Crippen LogP contribution in [0.1, 0.15) is 49.3 Å². The molecule has 2 heterocycles. The van der Waals surface area contributed by atoms with Gasteiger partial charge in [-0.15, -0.1) is 19.7 Å². The summed E-state index contributed by atoms with van der Waals surface area (Å²) in [7, 11) is 0. The van der Waals surface area contributed by atoms with Gasteiger partial charge in [-0.1, -0.05) is 49.4 Å². The lowest BCUT2D eigenvalue weighted by Gasteiger charge is -2.32. The number of amidine groups is 2. The van der Waals surface area contributed by atoms with Gasteiger partial charge in [-0.25, -0.2) is 9.98 Å². The third-order valence-corrected chi connectivity index (χ3v) is 6.46. The van der Waals surface area contributed by atoms with Crippen LogP contribution in [0.2, 0.25) is 0 Å². The van der Waals surface area contributed by atoms with Gasteiger partial charge in [0.15, 0.2) is 5.84 Å². The summed E-state index contributed by atoms with van der Waals surface area (Å²) in [6, 6.07) is 12.7. The first-order valence-corrected chi connectivity index (χ1v) is 11.4. The van der Waals surface area contributed by atoms with E-state index in [-0.39, 0.29) is 11.3 Å². The zero-order valence-corrected chi connectivity index (χ0v) is 19.3. The summed E-state index contributed by atoms with van der Waals surface area (Å²) in [5.74, 6) is 1.52. The molecule has 0 radical (unpaired) electrons. The predicted octanol–water partition coefficient (Wildman–Crippen LogP) is 6.12. The standard InChI is InChI=1S/C28H31N5/c1-5-13-28(14-6-2,15-7-3)20-11-9-19(10-12-20)27-31-23-17-21-22(26(30)32-25(21)29)18-24(23)33(27)16-8-4/h5-7,9-12,17-18H,1-3,8,13-16H2,4H3,(H3,29,30,32). The quantitative estimate of drug-likeness (QED) is 0.375. The first kappa shape index (κ1) is 22.5. The predicted molar refractivity (Wildman–Crippen MR) is 139 cm³/mol. The Morgan fingerprint density at radius 3 is 2.21 bits per heavy atom. The van der Waals surface area contributed by atoms with Gasteiger partial charge < -0.3 is 10.3 Å². The molecule has 0 atom stereocenters. The molecule has 1 aromatic heterocycles. The maximum Gasteiger partial charge on any atom is 0.155 e. The number of benzene rings is 2. The van der Waals surface area contributed by atoms with E-state index in [0.29, 0.717) is 5.84 Å². The number of rotatable bonds is 10. The summed E-state index contributed by atoms with van der Waals surface area (Å²) in [6.45, 7) is 14.9. The van der Waals surface area contributed by atoms with Crippen molar-refractivity contribution in [2.75, 3.05) is 0 Å². The van der Waals surface area contributed by atoms with Crippen molar-refractivity contribution >= 4 is 22.7 Å². The van der Waals surface area contributed by atoms with Gasteiger partial charge in [0.2, 0.25) is 0 Å². The maximum atomic E-state index is 8.10. The van der Waals surface area contributed by atoms with Crippen LogP contribution in [0.25, 0.3) is 22.4 Å². The molecule has 0 unspecified atom stereocenters. The van der Waals surface area contributed by atoms with E-state index in [1.807, 2.05) is 30.4 Å². The first-order chi connectivity index (χ1) is 16.0. The number of hydrogen-bond acceptors (Lipinski definition) is 3. The summed E-state index contributed by atoms with van der Waals surface area (Å²) < 4.78 is 2.24. The fourth-order valence-electron chi connectivity index (χ4n) is 4.90. The summed E-state index contributed by atoms with van der Waals surface area (Å²) in [6.07, 6.45) is 9.50. The molecule has 0 aliphatic carbocycles. The van der Waals surface area contributed by atoms with Crippen molar-refractivity contribution in [2.24, 2.45) is 10.7 Å². The van der Waals surface area contributed by atoms with Gasteiger partial charge in [0.25, 0.3) is 0 Å². The van der Waals surface area contributed by atoms with Crippen molar-refractivity contribution < 1.29 is 0 Å². The minimum Gasteiger partial charge on any atom is -0.383 e. The van der Waals surface area contributed by atoms with Crippen molar-refractivity contribution in [2.45, 2.75) is 44.6 Å². The fourth-order valence-corrected chi connectivity index (χ4v) is 4.90. The topological polar surface area (TPSA) is 80.1 Å². The highest BCUT2D eigenvalue weighted by molar-refractivity contribution is 6.22. The SMILES string of the molecule is C=CCC(CC=C)(CC=C)c1ccc(-c2nc3cc4c(cc3n2CCC)C(N)=NC4=N)cc1. The molecule has 0 saturated heterocycles. The lowest BCUT2D eigenvalue weighted by atomic mass is 9.72. The van der Waals surface area contributed by atoms with Crippen LogP contribution in [0, 0.1) is 5.41 Å². The summed E-state index contributed by atoms with van der Waals surface area (Å²) >= 11 is 0. The summed E-state index contributed by atoms with van der Waals surface area (Å²) in [4.78, 5) is 9.08. The Morgan fingerprint density at radius 1 is 1.00 bits per heavy atom. The number of hydrogen-bond donors (Lipinski definition) is 2. The Balaban J connectivity index is 1.82. The average Bonchev–Trinajstić information content (AvgIpc) is 3.30. The van der Waals surface area contributed by atoms with Crippen LogP contribution in [0.4, 0.5) is 0 Å². The minimum absolute atomic E-state index is 0.0780. The normalized spacial score (nSPS) is 13.1. The van der Waals surface area contributed by atoms with Crippen LogP contribution in [-0.4, -0.2) is 21.2 Å². The van der Waals surface area contributed by atoms with E-state index in [4.69, 9.17) is 16.1 Å². The maximum absolute atomic E-state index is 8.10. The molecule has 5 nitrogen and oxygen atoms in total. The van der Waals surface area contributed by atoms with Crippen LogP contribution in [-0.2, 0) is 12.0 Å². The molecule has 0 bridgehead atoms. The number of aromatic nitrogens is 2. The molecule has 4 rings (SSSR count). The molecule has 0 fully saturated rings. The number of aliphatic imine (C=N–C) groups is 1. The molecule has 1 aliphatic rings. The molecule has 5 heteroatoms. The van der Waals surface area contributed by atoms with E-state index < -0.39 is 0 Å². The highest BCUT2D eigenvalue weighted by Gasteiger charge is 2.29. The first-order valence-electron chi connectivity index (χ1n) is 11.4. The fraction of sp³-hybridized carbons (Fsp3) is 0.250. The average molecular weight is 438 g/mol. The van der Waals surface area contributed by atoms with Gasteiger partial charge in [0.1, 0.15) is 11.7 Å². The second-order valence-corrected chi connectivity index (χ2v) is 8.66. The number of allylic oxidation sites excluding steroid dienone is 3. The Labute approximate surface area is 195 Å². The zero-order chi connectivity index (χ0) is 23.6. The molecule has 3 N–H and O–H groups in total. The van der Waals surface area contributed by atoms with E-state index in [1.54, 1.807) is 0 Å². The highest BCUT2D eigenvalue weighted by atomic mass is 15.1. The molecule has 1 aliphatic heterocycles. The van der Waals surface area contributed by atoms with Gasteiger partial charge in [-0.05, 0) is 43.4 Å². The Bertz CT molecular complexity index is 1250. The van der Waals surface area contributed by atoms with Gasteiger partial charge in [-0.3, -0.25) is 5.41 Å². The van der Waals surface area contributed by atoms with Crippen molar-refractivity contribution in [3.63, 3.8) is 0 Å². The van der Waals surface area contributed by atoms with Crippen LogP contribution < -0.4 is 5.73 Å². The largest absolute Gasteiger partial charge is 0.383 e. The van der Waals surface area contributed by atoms with Crippen molar-refractivity contribution in [1.82, 2.24) is 9.55 Å². The zero-order valence-electron chi connectivity index (χ0n) is 19.3. The third-order valence-electron chi connectivity index (χ3n) is 6.46. The number of nitrogens with two attached hydrogens (primary N) is 1. The summed E-state index contributed by atoms with van der Waals surface area (Å²) in [5.41, 5.74) is 11.7. The molecular weight excluding hydrogens is 406 g/mol. The van der Waals surface area contributed by atoms with Gasteiger partial charge in [0.05, 0.1) is 11.0 Å². The number of imidazole rings is 1. The van der Waals surface area contributed by atoms with Crippen molar-refractivity contribution in [1.29, 1.82) is 5.41 Å². The Kier molecular flexibility index (Phi) is 6.14. The van der Waals surface area contributed by atoms with Gasteiger partial charge in [0, 0.05) is 28.7 Å². The monoisotopic (exact) mass is 437 g/mol. The van der Waals surface area contributed by atoms with E-state index >= 15 is 0 Å². The minimum atomic E-state index is -0.0780.